The molecule has 0 aromatic heterocycles. The van der Waals surface area contributed by atoms with E-state index >= 15 is 0 Å². The molecule has 0 aliphatic heterocycles. The minimum atomic E-state index is -4.74. The Morgan fingerprint density at radius 1 is 1.16 bits per heavy atom. The summed E-state index contributed by atoms with van der Waals surface area (Å²) >= 11 is 0. The molecule has 0 saturated carbocycles. The van der Waals surface area contributed by atoms with Crippen LogP contribution in [0.25, 0.3) is 0 Å². The summed E-state index contributed by atoms with van der Waals surface area (Å²) in [5.74, 6) is -0.689. The topological polar surface area (TPSA) is 44.5 Å². The summed E-state index contributed by atoms with van der Waals surface area (Å²) in [6, 6.07) is 4.65. The summed E-state index contributed by atoms with van der Waals surface area (Å²) in [7, 11) is 0. The van der Waals surface area contributed by atoms with E-state index in [0.29, 0.717) is 0 Å². The maximum absolute atomic E-state index is 12.9. The van der Waals surface area contributed by atoms with Crippen LogP contribution in [0, 0.1) is 0 Å². The van der Waals surface area contributed by atoms with Gasteiger partial charge >= 0.3 is 6.36 Å². The first-order valence-corrected chi connectivity index (χ1v) is 4.94. The molecule has 0 heterocycles. The third kappa shape index (κ3) is 7.53. The second-order valence-electron chi connectivity index (χ2n) is 3.19. The molecule has 19 heavy (non-hydrogen) atoms. The number of alkyl halides is 3. The fourth-order valence-corrected chi connectivity index (χ4v) is 1.08. The number of benzene rings is 1. The van der Waals surface area contributed by atoms with Crippen LogP contribution < -0.4 is 15.2 Å². The van der Waals surface area contributed by atoms with Crippen LogP contribution in [0.2, 0.25) is 0 Å². The van der Waals surface area contributed by atoms with Gasteiger partial charge in [-0.1, -0.05) is 0 Å². The van der Waals surface area contributed by atoms with Gasteiger partial charge in [-0.05, 0) is 30.3 Å². The fraction of sp³-hybridized carbons (Fsp3) is 0.273. The van der Waals surface area contributed by atoms with Crippen molar-refractivity contribution in [2.24, 2.45) is 5.73 Å². The summed E-state index contributed by atoms with van der Waals surface area (Å²) in [5.41, 5.74) is 5.08. The zero-order valence-electron chi connectivity index (χ0n) is 9.61. The van der Waals surface area contributed by atoms with E-state index in [1.54, 1.807) is 0 Å². The Balaban J connectivity index is 0.00000324. The predicted octanol–water partition coefficient (Wildman–Crippen LogP) is 3.20. The Morgan fingerprint density at radius 3 is 2.16 bits per heavy atom. The second kappa shape index (κ2) is 7.85. The highest BCUT2D eigenvalue weighted by atomic mass is 35.5. The van der Waals surface area contributed by atoms with E-state index in [1.807, 2.05) is 0 Å². The molecule has 3 nitrogen and oxygen atoms in total. The highest BCUT2D eigenvalue weighted by Gasteiger charge is 2.30. The van der Waals surface area contributed by atoms with Crippen LogP contribution in [0.5, 0.6) is 11.5 Å². The van der Waals surface area contributed by atoms with Crippen LogP contribution in [-0.4, -0.2) is 19.5 Å². The Hall–Kier alpha value is -1.47. The van der Waals surface area contributed by atoms with E-state index in [4.69, 9.17) is 10.5 Å². The first kappa shape index (κ1) is 17.5. The summed E-state index contributed by atoms with van der Waals surface area (Å²) in [4.78, 5) is 0. The molecule has 8 heteroatoms. The lowest BCUT2D eigenvalue weighted by Crippen LogP contribution is -2.16. The zero-order chi connectivity index (χ0) is 13.6. The molecular weight excluding hydrogens is 290 g/mol. The molecule has 0 aliphatic rings. The van der Waals surface area contributed by atoms with E-state index in [0.717, 1.165) is 18.2 Å². The van der Waals surface area contributed by atoms with E-state index in [9.17, 15) is 17.6 Å². The quantitative estimate of drug-likeness (QED) is 0.850. The van der Waals surface area contributed by atoms with Crippen molar-refractivity contribution in [1.29, 1.82) is 0 Å². The van der Waals surface area contributed by atoms with E-state index in [-0.39, 0.29) is 37.1 Å². The predicted molar refractivity (Wildman–Crippen MR) is 64.1 cm³/mol. The molecule has 0 radical (unpaired) electrons. The Kier molecular flexibility index (Phi) is 7.25. The lowest BCUT2D eigenvalue weighted by molar-refractivity contribution is -0.274. The van der Waals surface area contributed by atoms with Crippen molar-refractivity contribution in [1.82, 2.24) is 0 Å². The number of hydrogen-bond acceptors (Lipinski definition) is 3. The van der Waals surface area contributed by atoms with Crippen molar-refractivity contribution in [3.63, 3.8) is 0 Å². The fourth-order valence-electron chi connectivity index (χ4n) is 1.08. The molecule has 1 aromatic rings. The van der Waals surface area contributed by atoms with Crippen molar-refractivity contribution in [3.8, 4) is 11.5 Å². The monoisotopic (exact) mass is 301 g/mol. The Morgan fingerprint density at radius 2 is 1.68 bits per heavy atom. The minimum absolute atomic E-state index is 0. The molecule has 1 aromatic carbocycles. The third-order valence-corrected chi connectivity index (χ3v) is 1.77. The van der Waals surface area contributed by atoms with Crippen molar-refractivity contribution < 1.29 is 27.0 Å². The van der Waals surface area contributed by atoms with Crippen molar-refractivity contribution in [3.05, 3.63) is 36.2 Å². The van der Waals surface area contributed by atoms with Gasteiger partial charge in [0.15, 0.2) is 0 Å². The van der Waals surface area contributed by atoms with Gasteiger partial charge in [0.1, 0.15) is 23.9 Å². The smallest absolute Gasteiger partial charge is 0.487 e. The maximum Gasteiger partial charge on any atom is 0.573 e. The summed E-state index contributed by atoms with van der Waals surface area (Å²) < 4.78 is 57.1. The van der Waals surface area contributed by atoms with Gasteiger partial charge in [0.2, 0.25) is 0 Å². The average molecular weight is 302 g/mol. The van der Waals surface area contributed by atoms with Crippen LogP contribution in [0.4, 0.5) is 17.6 Å². The second-order valence-corrected chi connectivity index (χ2v) is 3.19. The van der Waals surface area contributed by atoms with Gasteiger partial charge < -0.3 is 15.2 Å². The van der Waals surface area contributed by atoms with Crippen molar-refractivity contribution in [2.45, 2.75) is 6.36 Å². The minimum Gasteiger partial charge on any atom is -0.487 e. The standard InChI is InChI=1S/C11H11F4NO2.ClH/c12-8(5-6-16)7-17-9-1-3-10(4-2-9)18-11(13,14)15;/h1-5H,6-7,16H2;1H/b8-5-;. The number of hydrogen-bond donors (Lipinski definition) is 1. The van der Waals surface area contributed by atoms with Crippen LogP contribution in [-0.2, 0) is 0 Å². The summed E-state index contributed by atoms with van der Waals surface area (Å²) in [6.07, 6.45) is -3.60. The van der Waals surface area contributed by atoms with E-state index in [1.165, 1.54) is 12.1 Å². The molecular formula is C11H12ClF4NO2. The molecule has 0 unspecified atom stereocenters. The largest absolute Gasteiger partial charge is 0.573 e. The van der Waals surface area contributed by atoms with E-state index in [2.05, 4.69) is 4.74 Å². The van der Waals surface area contributed by atoms with E-state index < -0.39 is 12.2 Å². The van der Waals surface area contributed by atoms with Crippen LogP contribution in [0.15, 0.2) is 36.2 Å². The summed E-state index contributed by atoms with van der Waals surface area (Å²) in [5, 5.41) is 0. The van der Waals surface area contributed by atoms with Gasteiger partial charge in [-0.15, -0.1) is 25.6 Å². The molecule has 1 rings (SSSR count). The molecule has 0 atom stereocenters. The number of ether oxygens (including phenoxy) is 2. The van der Waals surface area contributed by atoms with Gasteiger partial charge in [0, 0.05) is 6.54 Å². The van der Waals surface area contributed by atoms with Crippen LogP contribution >= 0.6 is 12.4 Å². The molecule has 0 fully saturated rings. The van der Waals surface area contributed by atoms with Crippen molar-refractivity contribution in [2.75, 3.05) is 13.2 Å². The highest BCUT2D eigenvalue weighted by molar-refractivity contribution is 5.85. The normalized spacial score (nSPS) is 11.7. The first-order chi connectivity index (χ1) is 8.40. The number of rotatable bonds is 5. The number of halogens is 5. The molecule has 0 saturated heterocycles. The average Bonchev–Trinajstić information content (AvgIpc) is 2.26. The molecule has 2 N–H and O–H groups in total. The van der Waals surface area contributed by atoms with Crippen LogP contribution in [0.1, 0.15) is 0 Å². The van der Waals surface area contributed by atoms with Gasteiger partial charge in [-0.3, -0.25) is 0 Å². The molecule has 108 valence electrons. The maximum atomic E-state index is 12.9. The summed E-state index contributed by atoms with van der Waals surface area (Å²) in [6.45, 7) is -0.274. The van der Waals surface area contributed by atoms with Gasteiger partial charge in [-0.25, -0.2) is 4.39 Å². The van der Waals surface area contributed by atoms with Crippen molar-refractivity contribution >= 4 is 12.4 Å². The van der Waals surface area contributed by atoms with Gasteiger partial charge in [0.25, 0.3) is 0 Å². The zero-order valence-corrected chi connectivity index (χ0v) is 10.4. The SMILES string of the molecule is Cl.NC/C=C(\F)COc1ccc(OC(F)(F)F)cc1. The lowest BCUT2D eigenvalue weighted by atomic mass is 10.3. The molecule has 0 aliphatic carbocycles. The Labute approximate surface area is 113 Å². The first-order valence-electron chi connectivity index (χ1n) is 4.94. The van der Waals surface area contributed by atoms with Gasteiger partial charge in [-0.2, -0.15) is 0 Å². The van der Waals surface area contributed by atoms with Crippen LogP contribution in [0.3, 0.4) is 0 Å². The lowest BCUT2D eigenvalue weighted by Gasteiger charge is -2.09. The molecule has 0 amide bonds. The molecule has 0 bridgehead atoms. The molecule has 0 spiro atoms. The number of nitrogens with two attached hydrogens (primary N) is 1. The Bertz CT molecular complexity index is 406. The van der Waals surface area contributed by atoms with Gasteiger partial charge in [0.05, 0.1) is 0 Å². The highest BCUT2D eigenvalue weighted by Crippen LogP contribution is 2.24. The third-order valence-electron chi connectivity index (χ3n) is 1.77.